The van der Waals surface area contributed by atoms with Crippen molar-refractivity contribution in [3.8, 4) is 11.8 Å². The smallest absolute Gasteiger partial charge is 0.342 e. The SMILES string of the molecule is CC1CCC(C(=O)N2c3cc(C#CC(C)(C)C)sc3C(=O)ON2C)CC1. The van der Waals surface area contributed by atoms with Crippen molar-refractivity contribution in [2.75, 3.05) is 12.1 Å². The van der Waals surface area contributed by atoms with Gasteiger partial charge in [-0.25, -0.2) is 9.80 Å². The maximum Gasteiger partial charge on any atom is 0.371 e. The van der Waals surface area contributed by atoms with E-state index in [0.717, 1.165) is 30.6 Å². The van der Waals surface area contributed by atoms with Crippen molar-refractivity contribution in [2.24, 2.45) is 17.3 Å². The fourth-order valence-electron chi connectivity index (χ4n) is 3.29. The largest absolute Gasteiger partial charge is 0.371 e. The second-order valence-electron chi connectivity index (χ2n) is 8.27. The second kappa shape index (κ2) is 7.05. The lowest BCUT2D eigenvalue weighted by Crippen LogP contribution is -2.51. The highest BCUT2D eigenvalue weighted by Gasteiger charge is 2.39. The first-order valence-corrected chi connectivity index (χ1v) is 9.94. The lowest BCUT2D eigenvalue weighted by Gasteiger charge is -2.36. The summed E-state index contributed by atoms with van der Waals surface area (Å²) in [5, 5.41) is 2.77. The number of nitrogens with zero attached hydrogens (tertiary/aromatic N) is 2. The summed E-state index contributed by atoms with van der Waals surface area (Å²) in [6, 6.07) is 1.83. The number of amides is 1. The zero-order chi connectivity index (χ0) is 19.1. The molecule has 1 amide bonds. The summed E-state index contributed by atoms with van der Waals surface area (Å²) < 4.78 is 0. The molecule has 1 saturated carbocycles. The first-order valence-electron chi connectivity index (χ1n) is 9.12. The van der Waals surface area contributed by atoms with Crippen LogP contribution in [0.4, 0.5) is 5.69 Å². The highest BCUT2D eigenvalue weighted by molar-refractivity contribution is 7.15. The average Bonchev–Trinajstić information content (AvgIpc) is 2.97. The molecule has 140 valence electrons. The van der Waals surface area contributed by atoms with Gasteiger partial charge < -0.3 is 4.84 Å². The molecule has 0 radical (unpaired) electrons. The molecule has 3 rings (SSSR count). The molecule has 0 saturated heterocycles. The van der Waals surface area contributed by atoms with Gasteiger partial charge in [-0.05, 0) is 63.6 Å². The molecule has 0 aromatic carbocycles. The number of carbonyl (C=O) groups is 2. The van der Waals surface area contributed by atoms with Gasteiger partial charge in [0.1, 0.15) is 4.88 Å². The Hall–Kier alpha value is -1.84. The maximum absolute atomic E-state index is 13.1. The highest BCUT2D eigenvalue weighted by atomic mass is 32.1. The number of carbonyl (C=O) groups excluding carboxylic acids is 2. The average molecular weight is 375 g/mol. The van der Waals surface area contributed by atoms with Crippen molar-refractivity contribution < 1.29 is 14.4 Å². The molecule has 0 atom stereocenters. The van der Waals surface area contributed by atoms with Gasteiger partial charge in [-0.15, -0.1) is 11.3 Å². The molecule has 26 heavy (non-hydrogen) atoms. The molecular weight excluding hydrogens is 348 g/mol. The van der Waals surface area contributed by atoms with Gasteiger partial charge in [-0.3, -0.25) is 4.79 Å². The predicted octanol–water partition coefficient (Wildman–Crippen LogP) is 4.24. The number of hydrogen-bond donors (Lipinski definition) is 0. The van der Waals surface area contributed by atoms with E-state index >= 15 is 0 Å². The van der Waals surface area contributed by atoms with E-state index < -0.39 is 5.97 Å². The van der Waals surface area contributed by atoms with Gasteiger partial charge in [0.2, 0.25) is 5.91 Å². The van der Waals surface area contributed by atoms with Crippen molar-refractivity contribution in [1.29, 1.82) is 0 Å². The molecule has 1 aliphatic carbocycles. The van der Waals surface area contributed by atoms with Crippen LogP contribution in [-0.4, -0.2) is 24.1 Å². The third-order valence-electron chi connectivity index (χ3n) is 4.76. The Bertz CT molecular complexity index is 773. The third kappa shape index (κ3) is 3.94. The van der Waals surface area contributed by atoms with Crippen molar-refractivity contribution in [3.63, 3.8) is 0 Å². The monoisotopic (exact) mass is 374 g/mol. The molecule has 5 nitrogen and oxygen atoms in total. The van der Waals surface area contributed by atoms with E-state index in [9.17, 15) is 9.59 Å². The number of hydrogen-bond acceptors (Lipinski definition) is 5. The Morgan fingerprint density at radius 3 is 2.54 bits per heavy atom. The van der Waals surface area contributed by atoms with Crippen molar-refractivity contribution in [1.82, 2.24) is 5.17 Å². The summed E-state index contributed by atoms with van der Waals surface area (Å²) in [6.45, 7) is 8.34. The molecule has 6 heteroatoms. The first kappa shape index (κ1) is 18.9. The molecule has 0 unspecified atom stereocenters. The summed E-state index contributed by atoms with van der Waals surface area (Å²) in [6.07, 6.45) is 3.89. The van der Waals surface area contributed by atoms with E-state index in [-0.39, 0.29) is 17.2 Å². The number of thiophene rings is 1. The quantitative estimate of drug-likeness (QED) is 0.690. The fraction of sp³-hybridized carbons (Fsp3) is 0.600. The Morgan fingerprint density at radius 2 is 1.92 bits per heavy atom. The Kier molecular flexibility index (Phi) is 5.14. The molecular formula is C20H26N2O3S. The van der Waals surface area contributed by atoms with Crippen LogP contribution in [0.1, 0.15) is 67.9 Å². The van der Waals surface area contributed by atoms with Crippen molar-refractivity contribution in [2.45, 2.75) is 53.4 Å². The van der Waals surface area contributed by atoms with E-state index in [1.807, 2.05) is 26.8 Å². The first-order chi connectivity index (χ1) is 12.2. The van der Waals surface area contributed by atoms with Crippen LogP contribution in [0.2, 0.25) is 0 Å². The minimum atomic E-state index is -0.433. The predicted molar refractivity (Wildman–Crippen MR) is 102 cm³/mol. The molecule has 1 fully saturated rings. The summed E-state index contributed by atoms with van der Waals surface area (Å²) in [4.78, 5) is 31.9. The molecule has 2 aliphatic rings. The summed E-state index contributed by atoms with van der Waals surface area (Å²) in [7, 11) is 1.60. The van der Waals surface area contributed by atoms with Crippen LogP contribution in [0.25, 0.3) is 0 Å². The van der Waals surface area contributed by atoms with E-state index in [0.29, 0.717) is 16.5 Å². The number of rotatable bonds is 1. The lowest BCUT2D eigenvalue weighted by atomic mass is 9.82. The van der Waals surface area contributed by atoms with E-state index in [1.165, 1.54) is 21.5 Å². The van der Waals surface area contributed by atoms with Crippen LogP contribution in [0.5, 0.6) is 0 Å². The summed E-state index contributed by atoms with van der Waals surface area (Å²) in [5.74, 6) is 6.52. The number of hydroxylamine groups is 1. The number of hydrazine groups is 1. The van der Waals surface area contributed by atoms with Gasteiger partial charge in [-0.1, -0.05) is 18.8 Å². The topological polar surface area (TPSA) is 49.9 Å². The molecule has 0 N–H and O–H groups in total. The Morgan fingerprint density at radius 1 is 1.27 bits per heavy atom. The van der Waals surface area contributed by atoms with E-state index in [2.05, 4.69) is 18.8 Å². The zero-order valence-corrected chi connectivity index (χ0v) is 16.9. The molecule has 1 aromatic heterocycles. The van der Waals surface area contributed by atoms with Crippen LogP contribution in [0.3, 0.4) is 0 Å². The van der Waals surface area contributed by atoms with Crippen LogP contribution < -0.4 is 5.01 Å². The van der Waals surface area contributed by atoms with Gasteiger partial charge in [0.05, 0.1) is 10.6 Å². The van der Waals surface area contributed by atoms with Gasteiger partial charge >= 0.3 is 5.97 Å². The van der Waals surface area contributed by atoms with Crippen LogP contribution >= 0.6 is 11.3 Å². The van der Waals surface area contributed by atoms with Crippen LogP contribution in [0.15, 0.2) is 6.07 Å². The van der Waals surface area contributed by atoms with Crippen LogP contribution in [-0.2, 0) is 9.63 Å². The number of anilines is 1. The molecule has 0 bridgehead atoms. The van der Waals surface area contributed by atoms with Gasteiger partial charge in [0.25, 0.3) is 0 Å². The molecule has 0 spiro atoms. The highest BCUT2D eigenvalue weighted by Crippen LogP contribution is 2.38. The minimum Gasteiger partial charge on any atom is -0.342 e. The van der Waals surface area contributed by atoms with E-state index in [1.54, 1.807) is 7.05 Å². The van der Waals surface area contributed by atoms with Gasteiger partial charge in [0.15, 0.2) is 0 Å². The van der Waals surface area contributed by atoms with Crippen molar-refractivity contribution >= 4 is 28.9 Å². The van der Waals surface area contributed by atoms with Crippen LogP contribution in [0, 0.1) is 29.1 Å². The number of fused-ring (bicyclic) bond motifs is 1. The Labute approximate surface area is 159 Å². The fourth-order valence-corrected chi connectivity index (χ4v) is 4.15. The molecule has 1 aliphatic heterocycles. The third-order valence-corrected chi connectivity index (χ3v) is 5.78. The summed E-state index contributed by atoms with van der Waals surface area (Å²) >= 11 is 1.29. The summed E-state index contributed by atoms with van der Waals surface area (Å²) in [5.41, 5.74) is 0.464. The van der Waals surface area contributed by atoms with Gasteiger partial charge in [-0.2, -0.15) is 0 Å². The Balaban J connectivity index is 1.91. The minimum absolute atomic E-state index is 0.00119. The van der Waals surface area contributed by atoms with E-state index in [4.69, 9.17) is 4.84 Å². The second-order valence-corrected chi connectivity index (χ2v) is 9.33. The molecule has 2 heterocycles. The van der Waals surface area contributed by atoms with Gasteiger partial charge in [0, 0.05) is 18.4 Å². The molecule has 1 aromatic rings. The lowest BCUT2D eigenvalue weighted by molar-refractivity contribution is -0.144. The maximum atomic E-state index is 13.1. The van der Waals surface area contributed by atoms with Crippen molar-refractivity contribution in [3.05, 3.63) is 15.8 Å². The normalized spacial score (nSPS) is 23.7. The zero-order valence-electron chi connectivity index (χ0n) is 16.1. The standard InChI is InChI=1S/C20H26N2O3S/c1-13-6-8-14(9-7-13)18(23)22-16-12-15(10-11-20(2,3)4)26-17(16)19(24)25-21(22)5/h12-14H,6-9H2,1-5H3.